The number of fused-ring (bicyclic) bond motifs is 1. The van der Waals surface area contributed by atoms with Crippen LogP contribution in [0.5, 0.6) is 5.75 Å². The number of ether oxygens (including phenoxy) is 2. The van der Waals surface area contributed by atoms with Crippen molar-refractivity contribution >= 4 is 22.9 Å². The summed E-state index contributed by atoms with van der Waals surface area (Å²) in [6.45, 7) is 6.64. The summed E-state index contributed by atoms with van der Waals surface area (Å²) in [4.78, 5) is 7.37. The highest BCUT2D eigenvalue weighted by Crippen LogP contribution is 2.43. The first kappa shape index (κ1) is 20.5. The van der Waals surface area contributed by atoms with Crippen LogP contribution in [0, 0.1) is 12.3 Å². The second-order valence-corrected chi connectivity index (χ2v) is 9.09. The van der Waals surface area contributed by atoms with Gasteiger partial charge in [-0.25, -0.2) is 9.50 Å². The number of piperidine rings is 1. The third kappa shape index (κ3) is 3.18. The van der Waals surface area contributed by atoms with Crippen molar-refractivity contribution in [3.05, 3.63) is 41.2 Å². The summed E-state index contributed by atoms with van der Waals surface area (Å²) in [5.74, 6) is 1.58. The number of nitrogens with two attached hydrogens (primary N) is 1. The fourth-order valence-electron chi connectivity index (χ4n) is 5.10. The van der Waals surface area contributed by atoms with Gasteiger partial charge in [-0.3, -0.25) is 0 Å². The number of benzene rings is 1. The number of nitrogens with zero attached hydrogens (tertiary/aromatic N) is 4. The summed E-state index contributed by atoms with van der Waals surface area (Å²) in [6.07, 6.45) is 3.94. The molecule has 3 aromatic rings. The van der Waals surface area contributed by atoms with Crippen LogP contribution in [0.1, 0.15) is 25.5 Å². The summed E-state index contributed by atoms with van der Waals surface area (Å²) in [5, 5.41) is 5.17. The largest absolute Gasteiger partial charge is 0.495 e. The van der Waals surface area contributed by atoms with Crippen molar-refractivity contribution in [3.8, 4) is 17.0 Å². The monoisotopic (exact) mass is 441 g/mol. The van der Waals surface area contributed by atoms with Gasteiger partial charge in [-0.1, -0.05) is 23.7 Å². The Morgan fingerprint density at radius 1 is 1.26 bits per heavy atom. The minimum atomic E-state index is 0.0789. The Labute approximate surface area is 187 Å². The van der Waals surface area contributed by atoms with Crippen molar-refractivity contribution < 1.29 is 9.47 Å². The molecule has 2 saturated heterocycles. The molecule has 4 heterocycles. The van der Waals surface area contributed by atoms with Gasteiger partial charge in [0.2, 0.25) is 0 Å². The van der Waals surface area contributed by atoms with Crippen LogP contribution in [0.2, 0.25) is 5.02 Å². The predicted octanol–water partition coefficient (Wildman–Crippen LogP) is 3.70. The van der Waals surface area contributed by atoms with Crippen molar-refractivity contribution in [1.82, 2.24) is 14.6 Å². The van der Waals surface area contributed by atoms with E-state index in [4.69, 9.17) is 31.8 Å². The van der Waals surface area contributed by atoms with Crippen molar-refractivity contribution in [2.24, 2.45) is 11.1 Å². The van der Waals surface area contributed by atoms with Gasteiger partial charge in [0.05, 0.1) is 42.4 Å². The van der Waals surface area contributed by atoms with Crippen LogP contribution in [0.15, 0.2) is 30.5 Å². The Morgan fingerprint density at radius 2 is 2.03 bits per heavy atom. The molecule has 31 heavy (non-hydrogen) atoms. The lowest BCUT2D eigenvalue weighted by atomic mass is 9.73. The molecule has 1 spiro atoms. The highest BCUT2D eigenvalue weighted by molar-refractivity contribution is 6.34. The maximum Gasteiger partial charge on any atom is 0.155 e. The number of rotatable bonds is 3. The molecule has 2 aromatic heterocycles. The molecule has 2 N–H and O–H groups in total. The van der Waals surface area contributed by atoms with Crippen LogP contribution in [0.4, 0.5) is 5.82 Å². The molecule has 7 nitrogen and oxygen atoms in total. The first-order chi connectivity index (χ1) is 14.9. The maximum absolute atomic E-state index is 6.64. The molecule has 2 aliphatic rings. The maximum atomic E-state index is 6.64. The van der Waals surface area contributed by atoms with Gasteiger partial charge in [0.15, 0.2) is 5.82 Å². The molecule has 0 aliphatic carbocycles. The summed E-state index contributed by atoms with van der Waals surface area (Å²) in [6, 6.07) is 7.86. The summed E-state index contributed by atoms with van der Waals surface area (Å²) < 4.78 is 13.2. The average Bonchev–Trinajstić information content (AvgIpc) is 3.36. The summed E-state index contributed by atoms with van der Waals surface area (Å²) >= 11 is 6.64. The lowest BCUT2D eigenvalue weighted by Gasteiger charge is -2.41. The molecule has 2 unspecified atom stereocenters. The van der Waals surface area contributed by atoms with Gasteiger partial charge in [0.1, 0.15) is 11.3 Å². The molecular weight excluding hydrogens is 414 g/mol. The fraction of sp³-hybridized carbons (Fsp3) is 0.478. The topological polar surface area (TPSA) is 77.9 Å². The van der Waals surface area contributed by atoms with Gasteiger partial charge in [0.25, 0.3) is 0 Å². The SMILES string of the molecule is COc1cccc(-c2c(C)nc(N3CCC4(CC3)COC(C)C4N)c3ccnn23)c1Cl. The molecule has 5 rings (SSSR count). The van der Waals surface area contributed by atoms with Crippen LogP contribution in [-0.4, -0.2) is 53.6 Å². The van der Waals surface area contributed by atoms with Gasteiger partial charge in [-0.15, -0.1) is 0 Å². The summed E-state index contributed by atoms with van der Waals surface area (Å²) in [7, 11) is 1.62. The molecule has 2 aliphatic heterocycles. The van der Waals surface area contributed by atoms with Gasteiger partial charge in [-0.05, 0) is 38.8 Å². The zero-order valence-electron chi connectivity index (χ0n) is 18.1. The molecule has 0 saturated carbocycles. The van der Waals surface area contributed by atoms with Crippen LogP contribution < -0.4 is 15.4 Å². The number of methoxy groups -OCH3 is 1. The number of anilines is 1. The van der Waals surface area contributed by atoms with Gasteiger partial charge in [0, 0.05) is 30.1 Å². The standard InChI is InChI=1S/C23H28ClN5O2/c1-14-20(16-5-4-6-18(30-3)19(16)24)29-17(7-10-26-29)22(27-14)28-11-8-23(9-12-28)13-31-15(2)21(23)25/h4-7,10,15,21H,8-9,11-13,25H2,1-3H3. The highest BCUT2D eigenvalue weighted by Gasteiger charge is 2.47. The quantitative estimate of drug-likeness (QED) is 0.667. The normalized spacial score (nSPS) is 23.1. The highest BCUT2D eigenvalue weighted by atomic mass is 35.5. The lowest BCUT2D eigenvalue weighted by molar-refractivity contribution is 0.0974. The lowest BCUT2D eigenvalue weighted by Crippen LogP contribution is -2.50. The molecule has 2 fully saturated rings. The Hall–Kier alpha value is -2.35. The molecule has 0 radical (unpaired) electrons. The van der Waals surface area contributed by atoms with Crippen molar-refractivity contribution in [2.75, 3.05) is 31.7 Å². The molecular formula is C23H28ClN5O2. The van der Waals surface area contributed by atoms with Gasteiger partial charge in [-0.2, -0.15) is 5.10 Å². The number of aromatic nitrogens is 3. The molecule has 2 atom stereocenters. The van der Waals surface area contributed by atoms with E-state index in [1.54, 1.807) is 7.11 Å². The van der Waals surface area contributed by atoms with E-state index in [2.05, 4.69) is 16.9 Å². The van der Waals surface area contributed by atoms with E-state index in [-0.39, 0.29) is 17.6 Å². The zero-order valence-corrected chi connectivity index (χ0v) is 18.9. The molecule has 0 bridgehead atoms. The van der Waals surface area contributed by atoms with E-state index in [1.807, 2.05) is 41.9 Å². The van der Waals surface area contributed by atoms with Gasteiger partial charge >= 0.3 is 0 Å². The summed E-state index contributed by atoms with van der Waals surface area (Å²) in [5.41, 5.74) is 10.1. The van der Waals surface area contributed by atoms with Crippen LogP contribution in [-0.2, 0) is 4.74 Å². The molecule has 0 amide bonds. The van der Waals surface area contributed by atoms with E-state index in [9.17, 15) is 0 Å². The Bertz CT molecular complexity index is 1120. The third-order valence-corrected chi connectivity index (χ3v) is 7.43. The smallest absolute Gasteiger partial charge is 0.155 e. The fourth-order valence-corrected chi connectivity index (χ4v) is 5.40. The first-order valence-electron chi connectivity index (χ1n) is 10.7. The second kappa shape index (κ2) is 7.65. The van der Waals surface area contributed by atoms with Crippen LogP contribution in [0.25, 0.3) is 16.8 Å². The van der Waals surface area contributed by atoms with Crippen LogP contribution >= 0.6 is 11.6 Å². The van der Waals surface area contributed by atoms with E-state index < -0.39 is 0 Å². The third-order valence-electron chi connectivity index (χ3n) is 7.04. The van der Waals surface area contributed by atoms with Crippen molar-refractivity contribution in [3.63, 3.8) is 0 Å². The number of aryl methyl sites for hydroxylation is 1. The van der Waals surface area contributed by atoms with E-state index in [0.29, 0.717) is 10.8 Å². The van der Waals surface area contributed by atoms with E-state index in [0.717, 1.165) is 60.8 Å². The Morgan fingerprint density at radius 3 is 2.71 bits per heavy atom. The minimum absolute atomic E-state index is 0.0789. The minimum Gasteiger partial charge on any atom is -0.495 e. The first-order valence-corrected chi connectivity index (χ1v) is 11.1. The number of hydrogen-bond donors (Lipinski definition) is 1. The molecule has 164 valence electrons. The predicted molar refractivity (Wildman–Crippen MR) is 122 cm³/mol. The second-order valence-electron chi connectivity index (χ2n) is 8.71. The number of hydrogen-bond acceptors (Lipinski definition) is 6. The van der Waals surface area contributed by atoms with Crippen molar-refractivity contribution in [1.29, 1.82) is 0 Å². The average molecular weight is 442 g/mol. The Kier molecular flexibility index (Phi) is 5.07. The molecule has 8 heteroatoms. The zero-order chi connectivity index (χ0) is 21.8. The Balaban J connectivity index is 1.52. The van der Waals surface area contributed by atoms with E-state index in [1.165, 1.54) is 0 Å². The number of halogens is 1. The van der Waals surface area contributed by atoms with Crippen LogP contribution in [0.3, 0.4) is 0 Å². The van der Waals surface area contributed by atoms with Crippen molar-refractivity contribution in [2.45, 2.75) is 38.8 Å². The van der Waals surface area contributed by atoms with E-state index >= 15 is 0 Å². The molecule has 1 aromatic carbocycles. The van der Waals surface area contributed by atoms with Gasteiger partial charge < -0.3 is 20.1 Å².